The smallest absolute Gasteiger partial charge is 0.271 e. The largest absolute Gasteiger partial charge is 0.489 e. The van der Waals surface area contributed by atoms with E-state index in [-0.39, 0.29) is 5.91 Å². The zero-order chi connectivity index (χ0) is 22.2. The van der Waals surface area contributed by atoms with Crippen LogP contribution in [0.25, 0.3) is 10.8 Å². The van der Waals surface area contributed by atoms with E-state index in [2.05, 4.69) is 41.7 Å². The zero-order valence-electron chi connectivity index (χ0n) is 18.6. The Morgan fingerprint density at radius 2 is 1.81 bits per heavy atom. The molecule has 4 rings (SSSR count). The minimum atomic E-state index is -0.181. The van der Waals surface area contributed by atoms with Crippen LogP contribution in [0.3, 0.4) is 0 Å². The minimum Gasteiger partial charge on any atom is -0.489 e. The lowest BCUT2D eigenvalue weighted by Gasteiger charge is -2.09. The van der Waals surface area contributed by atoms with Crippen molar-refractivity contribution in [3.63, 3.8) is 0 Å². The number of carbonyl (C=O) groups is 1. The normalized spacial score (nSPS) is 14.5. The maximum absolute atomic E-state index is 12.5. The summed E-state index contributed by atoms with van der Waals surface area (Å²) in [5.74, 6) is 0.653. The van der Waals surface area contributed by atoms with Gasteiger partial charge < -0.3 is 4.74 Å². The first-order valence-corrected chi connectivity index (χ1v) is 11.5. The number of hydrazone groups is 1. The molecule has 0 unspecified atom stereocenters. The van der Waals surface area contributed by atoms with E-state index in [0.29, 0.717) is 12.2 Å². The van der Waals surface area contributed by atoms with Crippen LogP contribution in [0, 0.1) is 0 Å². The first-order valence-electron chi connectivity index (χ1n) is 11.5. The van der Waals surface area contributed by atoms with Crippen molar-refractivity contribution in [3.8, 4) is 5.75 Å². The number of fused-ring (bicyclic) bond motifs is 1. The highest BCUT2D eigenvalue weighted by Crippen LogP contribution is 2.22. The van der Waals surface area contributed by atoms with Crippen molar-refractivity contribution in [1.29, 1.82) is 0 Å². The number of hydrogen-bond acceptors (Lipinski definition) is 3. The van der Waals surface area contributed by atoms with E-state index in [1.165, 1.54) is 30.2 Å². The second kappa shape index (κ2) is 10.8. The van der Waals surface area contributed by atoms with Crippen LogP contribution in [0.4, 0.5) is 0 Å². The van der Waals surface area contributed by atoms with Gasteiger partial charge in [-0.15, -0.1) is 0 Å². The van der Waals surface area contributed by atoms with Crippen LogP contribution in [0.2, 0.25) is 0 Å². The summed E-state index contributed by atoms with van der Waals surface area (Å²) in [7, 11) is 0. The second-order valence-corrected chi connectivity index (χ2v) is 8.22. The average molecular weight is 427 g/mol. The summed E-state index contributed by atoms with van der Waals surface area (Å²) in [4.78, 5) is 12.5. The summed E-state index contributed by atoms with van der Waals surface area (Å²) in [5, 5.41) is 6.76. The summed E-state index contributed by atoms with van der Waals surface area (Å²) < 4.78 is 5.94. The van der Waals surface area contributed by atoms with Gasteiger partial charge in [-0.1, -0.05) is 68.3 Å². The molecule has 1 N–H and O–H groups in total. The van der Waals surface area contributed by atoms with Crippen molar-refractivity contribution in [2.45, 2.75) is 52.1 Å². The number of hydrogen-bond donors (Lipinski definition) is 1. The third-order valence-corrected chi connectivity index (χ3v) is 5.83. The molecule has 0 spiro atoms. The molecule has 0 saturated heterocycles. The Bertz CT molecular complexity index is 1130. The molecule has 32 heavy (non-hydrogen) atoms. The summed E-state index contributed by atoms with van der Waals surface area (Å²) in [5.41, 5.74) is 6.65. The van der Waals surface area contributed by atoms with Gasteiger partial charge in [0.25, 0.3) is 5.91 Å². The van der Waals surface area contributed by atoms with Crippen LogP contribution >= 0.6 is 0 Å². The van der Waals surface area contributed by atoms with Gasteiger partial charge in [0.15, 0.2) is 0 Å². The Labute approximate surface area is 190 Å². The molecule has 4 heteroatoms. The predicted octanol–water partition coefficient (Wildman–Crippen LogP) is 6.81. The third kappa shape index (κ3) is 5.64. The van der Waals surface area contributed by atoms with Crippen molar-refractivity contribution < 1.29 is 9.53 Å². The summed E-state index contributed by atoms with van der Waals surface area (Å²) in [6.45, 7) is 2.66. The van der Waals surface area contributed by atoms with E-state index in [0.717, 1.165) is 41.7 Å². The molecule has 0 aliphatic heterocycles. The first-order chi connectivity index (χ1) is 15.7. The number of benzene rings is 3. The third-order valence-electron chi connectivity index (χ3n) is 5.83. The molecule has 3 aromatic rings. The molecular weight excluding hydrogens is 396 g/mol. The lowest BCUT2D eigenvalue weighted by molar-refractivity contribution is 0.0954. The zero-order valence-corrected chi connectivity index (χ0v) is 18.6. The number of rotatable bonds is 9. The number of unbranched alkanes of at least 4 members (excludes halogenated alkanes) is 2. The molecule has 1 aliphatic carbocycles. The highest BCUT2D eigenvalue weighted by Gasteiger charge is 2.14. The molecule has 1 aliphatic rings. The number of carbonyl (C=O) groups excluding carboxylic acids is 1. The molecular formula is C28H30N2O2. The molecule has 0 radical (unpaired) electrons. The van der Waals surface area contributed by atoms with Gasteiger partial charge in [-0.25, -0.2) is 5.43 Å². The van der Waals surface area contributed by atoms with Crippen LogP contribution in [-0.4, -0.2) is 11.6 Å². The van der Waals surface area contributed by atoms with E-state index >= 15 is 0 Å². The van der Waals surface area contributed by atoms with Gasteiger partial charge in [0.1, 0.15) is 12.4 Å². The summed E-state index contributed by atoms with van der Waals surface area (Å²) >= 11 is 0. The average Bonchev–Trinajstić information content (AvgIpc) is 3.29. The fraction of sp³-hybridized carbons (Fsp3) is 0.286. The number of amides is 1. The van der Waals surface area contributed by atoms with Crippen molar-refractivity contribution >= 4 is 22.4 Å². The number of ether oxygens (including phenoxy) is 1. The van der Waals surface area contributed by atoms with E-state index in [9.17, 15) is 4.79 Å². The predicted molar refractivity (Wildman–Crippen MR) is 131 cm³/mol. The molecule has 4 nitrogen and oxygen atoms in total. The maximum Gasteiger partial charge on any atom is 0.271 e. The van der Waals surface area contributed by atoms with Crippen LogP contribution in [-0.2, 0) is 6.61 Å². The first kappa shape index (κ1) is 21.8. The molecule has 164 valence electrons. The van der Waals surface area contributed by atoms with Crippen LogP contribution in [0.1, 0.15) is 61.4 Å². The van der Waals surface area contributed by atoms with Crippen molar-refractivity contribution in [1.82, 2.24) is 5.43 Å². The van der Waals surface area contributed by atoms with Gasteiger partial charge >= 0.3 is 0 Å². The lowest BCUT2D eigenvalue weighted by atomic mass is 10.1. The molecule has 0 bridgehead atoms. The van der Waals surface area contributed by atoms with E-state index < -0.39 is 0 Å². The molecule has 1 amide bonds. The van der Waals surface area contributed by atoms with Crippen molar-refractivity contribution in [2.24, 2.45) is 5.10 Å². The fourth-order valence-electron chi connectivity index (χ4n) is 3.96. The fourth-order valence-corrected chi connectivity index (χ4v) is 3.96. The van der Waals surface area contributed by atoms with Gasteiger partial charge in [0.2, 0.25) is 0 Å². The highest BCUT2D eigenvalue weighted by molar-refractivity contribution is 6.03. The Hall–Kier alpha value is -3.40. The summed E-state index contributed by atoms with van der Waals surface area (Å²) in [6, 6.07) is 21.8. The molecule has 0 saturated carbocycles. The highest BCUT2D eigenvalue weighted by atomic mass is 16.5. The van der Waals surface area contributed by atoms with Crippen LogP contribution < -0.4 is 10.2 Å². The van der Waals surface area contributed by atoms with Gasteiger partial charge in [0.05, 0.1) is 5.71 Å². The molecule has 0 fully saturated rings. The topological polar surface area (TPSA) is 50.7 Å². The second-order valence-electron chi connectivity index (χ2n) is 8.22. The lowest BCUT2D eigenvalue weighted by Crippen LogP contribution is -2.19. The van der Waals surface area contributed by atoms with E-state index in [1.807, 2.05) is 48.5 Å². The minimum absolute atomic E-state index is 0.181. The molecule has 0 atom stereocenters. The van der Waals surface area contributed by atoms with Crippen molar-refractivity contribution in [2.75, 3.05) is 0 Å². The monoisotopic (exact) mass is 426 g/mol. The van der Waals surface area contributed by atoms with Crippen molar-refractivity contribution in [3.05, 3.63) is 89.5 Å². The van der Waals surface area contributed by atoms with E-state index in [4.69, 9.17) is 4.74 Å². The molecule has 3 aromatic carbocycles. The van der Waals surface area contributed by atoms with Gasteiger partial charge in [-0.05, 0) is 71.9 Å². The Balaban J connectivity index is 1.30. The summed E-state index contributed by atoms with van der Waals surface area (Å²) in [6.07, 6.45) is 8.85. The SMILES string of the molecule is CCCCCC1=CCCC1=NNC(=O)c1ccc(COc2ccc3ccccc3c2)cc1. The van der Waals surface area contributed by atoms with Gasteiger partial charge in [0, 0.05) is 5.56 Å². The van der Waals surface area contributed by atoms with Crippen LogP contribution in [0.15, 0.2) is 83.5 Å². The van der Waals surface area contributed by atoms with Gasteiger partial charge in [-0.2, -0.15) is 5.10 Å². The molecule has 0 aromatic heterocycles. The number of allylic oxidation sites excluding steroid dienone is 2. The maximum atomic E-state index is 12.5. The van der Waals surface area contributed by atoms with Gasteiger partial charge in [-0.3, -0.25) is 4.79 Å². The number of nitrogens with zero attached hydrogens (tertiary/aromatic N) is 1. The Kier molecular flexibility index (Phi) is 7.34. The van der Waals surface area contributed by atoms with E-state index in [1.54, 1.807) is 0 Å². The van der Waals surface area contributed by atoms with Crippen LogP contribution in [0.5, 0.6) is 5.75 Å². The standard InChI is InChI=1S/C28H30N2O2/c1-2-3-4-9-23-11-7-12-27(23)29-30-28(31)24-15-13-21(14-16-24)20-32-26-18-17-22-8-5-6-10-25(22)19-26/h5-6,8,10-11,13-19H,2-4,7,9,12,20H2,1H3,(H,30,31). The molecule has 0 heterocycles. The quantitative estimate of drug-likeness (QED) is 0.302. The Morgan fingerprint density at radius 1 is 1.00 bits per heavy atom. The number of nitrogens with one attached hydrogen (secondary N) is 1. The Morgan fingerprint density at radius 3 is 2.62 bits per heavy atom.